The van der Waals surface area contributed by atoms with Gasteiger partial charge in [-0.25, -0.2) is 0 Å². The Morgan fingerprint density at radius 1 is 1.57 bits per heavy atom. The lowest BCUT2D eigenvalue weighted by Crippen LogP contribution is -2.35. The van der Waals surface area contributed by atoms with Gasteiger partial charge in [0.05, 0.1) is 0 Å². The predicted octanol–water partition coefficient (Wildman–Crippen LogP) is 1.65. The molecule has 3 nitrogen and oxygen atoms in total. The first-order valence-electron chi connectivity index (χ1n) is 3.86. The minimum absolute atomic E-state index is 0.150. The van der Waals surface area contributed by atoms with Crippen LogP contribution >= 0.6 is 0 Å². The minimum Gasteiger partial charge on any atom is -0.357 e. The van der Waals surface area contributed by atoms with Gasteiger partial charge in [0.25, 0.3) is 5.91 Å². The van der Waals surface area contributed by atoms with E-state index in [4.69, 9.17) is 0 Å². The molecule has 0 aliphatic carbocycles. The molecule has 6 heteroatoms. The number of aromatic nitrogens is 1. The van der Waals surface area contributed by atoms with Gasteiger partial charge in [-0.2, -0.15) is 13.2 Å². The molecular formula is C8H9F3N2O. The van der Waals surface area contributed by atoms with E-state index in [1.807, 2.05) is 0 Å². The molecule has 1 amide bonds. The number of alkyl halides is 3. The van der Waals surface area contributed by atoms with E-state index < -0.39 is 18.6 Å². The molecule has 78 valence electrons. The Kier molecular flexibility index (Phi) is 2.83. The molecule has 14 heavy (non-hydrogen) atoms. The zero-order valence-corrected chi connectivity index (χ0v) is 7.43. The van der Waals surface area contributed by atoms with Gasteiger partial charge < -0.3 is 9.88 Å². The topological polar surface area (TPSA) is 36.1 Å². The van der Waals surface area contributed by atoms with Gasteiger partial charge in [0.2, 0.25) is 0 Å². The number of rotatable bonds is 2. The van der Waals surface area contributed by atoms with Gasteiger partial charge in [0, 0.05) is 13.2 Å². The van der Waals surface area contributed by atoms with Crippen molar-refractivity contribution in [3.63, 3.8) is 0 Å². The molecule has 0 bridgehead atoms. The lowest BCUT2D eigenvalue weighted by atomic mass is 10.4. The lowest BCUT2D eigenvalue weighted by molar-refractivity contribution is -0.138. The Morgan fingerprint density at radius 3 is 2.64 bits per heavy atom. The third-order valence-electron chi connectivity index (χ3n) is 1.59. The third-order valence-corrected chi connectivity index (χ3v) is 1.59. The molecule has 0 radical (unpaired) electrons. The molecule has 1 heterocycles. The van der Waals surface area contributed by atoms with E-state index in [2.05, 4.69) is 4.98 Å². The van der Waals surface area contributed by atoms with Crippen LogP contribution in [0.5, 0.6) is 0 Å². The van der Waals surface area contributed by atoms with Crippen molar-refractivity contribution in [3.05, 3.63) is 24.0 Å². The largest absolute Gasteiger partial charge is 0.406 e. The van der Waals surface area contributed by atoms with Crippen LogP contribution in [0.4, 0.5) is 13.2 Å². The third kappa shape index (κ3) is 2.79. The van der Waals surface area contributed by atoms with Crippen LogP contribution in [0, 0.1) is 0 Å². The van der Waals surface area contributed by atoms with Gasteiger partial charge in [-0.1, -0.05) is 0 Å². The SMILES string of the molecule is CN(CC(F)(F)F)C(=O)c1ccc[nH]1. The summed E-state index contributed by atoms with van der Waals surface area (Å²) in [6.45, 7) is -1.25. The van der Waals surface area contributed by atoms with Gasteiger partial charge in [-0.15, -0.1) is 0 Å². The first-order chi connectivity index (χ1) is 6.40. The number of nitrogens with zero attached hydrogens (tertiary/aromatic N) is 1. The van der Waals surface area contributed by atoms with Gasteiger partial charge in [-0.3, -0.25) is 4.79 Å². The van der Waals surface area contributed by atoms with E-state index in [1.54, 1.807) is 6.07 Å². The number of hydrogen-bond donors (Lipinski definition) is 1. The fourth-order valence-corrected chi connectivity index (χ4v) is 1.01. The molecule has 1 N–H and O–H groups in total. The summed E-state index contributed by atoms with van der Waals surface area (Å²) in [4.78, 5) is 14.4. The van der Waals surface area contributed by atoms with E-state index in [9.17, 15) is 18.0 Å². The van der Waals surface area contributed by atoms with Gasteiger partial charge in [0.15, 0.2) is 0 Å². The number of aromatic amines is 1. The van der Waals surface area contributed by atoms with E-state index in [0.29, 0.717) is 4.90 Å². The van der Waals surface area contributed by atoms with Crippen molar-refractivity contribution in [3.8, 4) is 0 Å². The van der Waals surface area contributed by atoms with Gasteiger partial charge >= 0.3 is 6.18 Å². The molecule has 0 spiro atoms. The van der Waals surface area contributed by atoms with Gasteiger partial charge in [0.1, 0.15) is 12.2 Å². The summed E-state index contributed by atoms with van der Waals surface area (Å²) in [5, 5.41) is 0. The summed E-state index contributed by atoms with van der Waals surface area (Å²) in [6, 6.07) is 2.98. The average molecular weight is 206 g/mol. The van der Waals surface area contributed by atoms with Crippen molar-refractivity contribution in [1.29, 1.82) is 0 Å². The molecule has 1 aromatic rings. The Balaban J connectivity index is 2.63. The molecule has 0 aliphatic rings. The monoisotopic (exact) mass is 206 g/mol. The van der Waals surface area contributed by atoms with Crippen LogP contribution in [0.15, 0.2) is 18.3 Å². The minimum atomic E-state index is -4.36. The molecule has 0 saturated heterocycles. The summed E-state index contributed by atoms with van der Waals surface area (Å²) < 4.78 is 35.7. The molecule has 0 fully saturated rings. The zero-order valence-electron chi connectivity index (χ0n) is 7.43. The fourth-order valence-electron chi connectivity index (χ4n) is 1.01. The van der Waals surface area contributed by atoms with E-state index >= 15 is 0 Å². The number of hydrogen-bond acceptors (Lipinski definition) is 1. The maximum atomic E-state index is 11.9. The summed E-state index contributed by atoms with van der Waals surface area (Å²) in [5.41, 5.74) is 0.150. The van der Waals surface area contributed by atoms with Crippen LogP contribution < -0.4 is 0 Å². The van der Waals surface area contributed by atoms with E-state index in [-0.39, 0.29) is 5.69 Å². The van der Waals surface area contributed by atoms with Crippen molar-refractivity contribution in [2.24, 2.45) is 0 Å². The fraction of sp³-hybridized carbons (Fsp3) is 0.375. The van der Waals surface area contributed by atoms with Crippen LogP contribution in [0.3, 0.4) is 0 Å². The second kappa shape index (κ2) is 3.73. The van der Waals surface area contributed by atoms with E-state index in [0.717, 1.165) is 7.05 Å². The van der Waals surface area contributed by atoms with Crippen LogP contribution in [-0.4, -0.2) is 35.6 Å². The molecule has 0 saturated carbocycles. The molecule has 0 unspecified atom stereocenters. The molecule has 1 aromatic heterocycles. The Hall–Kier alpha value is -1.46. The number of carbonyl (C=O) groups excluding carboxylic acids is 1. The normalized spacial score (nSPS) is 11.4. The molecular weight excluding hydrogens is 197 g/mol. The van der Waals surface area contributed by atoms with Crippen LogP contribution in [0.25, 0.3) is 0 Å². The average Bonchev–Trinajstić information content (AvgIpc) is 2.51. The molecule has 0 aromatic carbocycles. The second-order valence-corrected chi connectivity index (χ2v) is 2.86. The summed E-state index contributed by atoms with van der Waals surface area (Å²) in [6.07, 6.45) is -2.88. The van der Waals surface area contributed by atoms with Crippen molar-refractivity contribution in [2.45, 2.75) is 6.18 Å². The van der Waals surface area contributed by atoms with Crippen molar-refractivity contribution in [1.82, 2.24) is 9.88 Å². The number of amides is 1. The standard InChI is InChI=1S/C8H9F3N2O/c1-13(5-8(9,10)11)7(14)6-3-2-4-12-6/h2-4,12H,5H2,1H3. The predicted molar refractivity (Wildman–Crippen MR) is 43.8 cm³/mol. The Labute approximate surface area is 78.5 Å². The molecule has 0 atom stereocenters. The highest BCUT2D eigenvalue weighted by Gasteiger charge is 2.31. The van der Waals surface area contributed by atoms with Crippen LogP contribution in [0.1, 0.15) is 10.5 Å². The quantitative estimate of drug-likeness (QED) is 0.784. The molecule has 1 rings (SSSR count). The maximum Gasteiger partial charge on any atom is 0.406 e. The highest BCUT2D eigenvalue weighted by molar-refractivity contribution is 5.92. The van der Waals surface area contributed by atoms with E-state index in [1.165, 1.54) is 12.3 Å². The lowest BCUT2D eigenvalue weighted by Gasteiger charge is -2.17. The number of carbonyl (C=O) groups is 1. The summed E-state index contributed by atoms with van der Waals surface area (Å²) in [7, 11) is 1.11. The van der Waals surface area contributed by atoms with Crippen molar-refractivity contribution >= 4 is 5.91 Å². The summed E-state index contributed by atoms with van der Waals surface area (Å²) in [5.74, 6) is -0.674. The van der Waals surface area contributed by atoms with Crippen LogP contribution in [0.2, 0.25) is 0 Å². The first-order valence-corrected chi connectivity index (χ1v) is 3.86. The molecule has 0 aliphatic heterocycles. The highest BCUT2D eigenvalue weighted by Crippen LogP contribution is 2.16. The Morgan fingerprint density at radius 2 is 2.21 bits per heavy atom. The number of H-pyrrole nitrogens is 1. The van der Waals surface area contributed by atoms with Crippen molar-refractivity contribution in [2.75, 3.05) is 13.6 Å². The second-order valence-electron chi connectivity index (χ2n) is 2.86. The number of nitrogens with one attached hydrogen (secondary N) is 1. The summed E-state index contributed by atoms with van der Waals surface area (Å²) >= 11 is 0. The first kappa shape index (κ1) is 10.6. The van der Waals surface area contributed by atoms with Crippen LogP contribution in [-0.2, 0) is 0 Å². The number of halogens is 3. The highest BCUT2D eigenvalue weighted by atomic mass is 19.4. The zero-order chi connectivity index (χ0) is 10.8. The Bertz CT molecular complexity index is 305. The maximum absolute atomic E-state index is 11.9. The van der Waals surface area contributed by atoms with Crippen molar-refractivity contribution < 1.29 is 18.0 Å². The van der Waals surface area contributed by atoms with Gasteiger partial charge in [-0.05, 0) is 12.1 Å². The smallest absolute Gasteiger partial charge is 0.357 e.